The van der Waals surface area contributed by atoms with Crippen molar-refractivity contribution < 1.29 is 14.3 Å². The lowest BCUT2D eigenvalue weighted by molar-refractivity contribution is 0.0531. The average Bonchev–Trinajstić information content (AvgIpc) is 2.94. The fraction of sp³-hybridized carbons (Fsp3) is 0.222. The Labute approximate surface area is 148 Å². The van der Waals surface area contributed by atoms with Crippen molar-refractivity contribution in [2.24, 2.45) is 0 Å². The van der Waals surface area contributed by atoms with Crippen molar-refractivity contribution in [1.29, 1.82) is 0 Å². The number of nitrogens with one attached hydrogen (secondary N) is 1. The van der Waals surface area contributed by atoms with Gasteiger partial charge in [-0.15, -0.1) is 0 Å². The van der Waals surface area contributed by atoms with Gasteiger partial charge in [-0.2, -0.15) is 0 Å². The van der Waals surface area contributed by atoms with Gasteiger partial charge in [-0.05, 0) is 32.9 Å². The first-order valence-corrected chi connectivity index (χ1v) is 8.63. The maximum absolute atomic E-state index is 12.7. The molecule has 3 rings (SSSR count). The summed E-state index contributed by atoms with van der Waals surface area (Å²) in [6.45, 7) is 5.59. The van der Waals surface area contributed by atoms with Crippen LogP contribution in [-0.4, -0.2) is 28.5 Å². The minimum Gasteiger partial charge on any atom is -0.462 e. The molecule has 0 bridgehead atoms. The van der Waals surface area contributed by atoms with Gasteiger partial charge in [-0.1, -0.05) is 29.5 Å². The summed E-state index contributed by atoms with van der Waals surface area (Å²) in [5.41, 5.74) is 2.57. The van der Waals surface area contributed by atoms with E-state index in [1.54, 1.807) is 19.9 Å². The monoisotopic (exact) mass is 355 g/mol. The molecule has 0 spiro atoms. The molecule has 0 aliphatic carbocycles. The van der Waals surface area contributed by atoms with E-state index in [2.05, 4.69) is 15.3 Å². The molecule has 0 saturated carbocycles. The van der Waals surface area contributed by atoms with Crippen LogP contribution in [0, 0.1) is 13.8 Å². The van der Waals surface area contributed by atoms with Gasteiger partial charge in [0.25, 0.3) is 5.91 Å². The lowest BCUT2D eigenvalue weighted by Gasteiger charge is -2.07. The number of ether oxygens (including phenoxy) is 1. The maximum atomic E-state index is 12.7. The zero-order valence-corrected chi connectivity index (χ0v) is 14.9. The van der Waals surface area contributed by atoms with E-state index in [-0.39, 0.29) is 5.91 Å². The molecule has 0 aliphatic rings. The number of amides is 1. The van der Waals surface area contributed by atoms with Gasteiger partial charge in [0.05, 0.1) is 23.4 Å². The van der Waals surface area contributed by atoms with Crippen LogP contribution in [0.4, 0.5) is 5.13 Å². The summed E-state index contributed by atoms with van der Waals surface area (Å²) in [5.74, 6) is -0.714. The van der Waals surface area contributed by atoms with Crippen molar-refractivity contribution in [1.82, 2.24) is 9.97 Å². The number of nitrogens with zero attached hydrogens (tertiary/aromatic N) is 2. The SMILES string of the molecule is CCOC(=O)c1sc(NC(=O)c2cc(C)nc3ccccc23)nc1C. The number of thiazole rings is 1. The summed E-state index contributed by atoms with van der Waals surface area (Å²) in [6.07, 6.45) is 0. The molecular weight excluding hydrogens is 338 g/mol. The molecule has 0 radical (unpaired) electrons. The zero-order chi connectivity index (χ0) is 18.0. The highest BCUT2D eigenvalue weighted by molar-refractivity contribution is 7.17. The quantitative estimate of drug-likeness (QED) is 0.721. The van der Waals surface area contributed by atoms with Gasteiger partial charge in [0.1, 0.15) is 4.88 Å². The first-order chi connectivity index (χ1) is 12.0. The van der Waals surface area contributed by atoms with Crippen LogP contribution in [-0.2, 0) is 4.74 Å². The number of pyridine rings is 1. The molecule has 7 heteroatoms. The lowest BCUT2D eigenvalue weighted by Crippen LogP contribution is -2.13. The Balaban J connectivity index is 1.91. The number of anilines is 1. The number of rotatable bonds is 4. The molecule has 128 valence electrons. The van der Waals surface area contributed by atoms with E-state index in [4.69, 9.17) is 4.74 Å². The number of hydrogen-bond donors (Lipinski definition) is 1. The van der Waals surface area contributed by atoms with Gasteiger partial charge in [0.15, 0.2) is 5.13 Å². The molecule has 25 heavy (non-hydrogen) atoms. The molecule has 3 aromatic rings. The number of aryl methyl sites for hydroxylation is 2. The molecule has 0 unspecified atom stereocenters. The fourth-order valence-electron chi connectivity index (χ4n) is 2.50. The third kappa shape index (κ3) is 3.51. The van der Waals surface area contributed by atoms with Gasteiger partial charge in [-0.3, -0.25) is 15.1 Å². The van der Waals surface area contributed by atoms with Gasteiger partial charge >= 0.3 is 5.97 Å². The Hall–Kier alpha value is -2.80. The standard InChI is InChI=1S/C18H17N3O3S/c1-4-24-17(23)15-11(3)20-18(25-15)21-16(22)13-9-10(2)19-14-8-6-5-7-12(13)14/h5-9H,4H2,1-3H3,(H,20,21,22). The van der Waals surface area contributed by atoms with Gasteiger partial charge in [0, 0.05) is 11.1 Å². The van der Waals surface area contributed by atoms with E-state index >= 15 is 0 Å². The number of esters is 1. The van der Waals surface area contributed by atoms with Crippen molar-refractivity contribution in [2.75, 3.05) is 11.9 Å². The second-order valence-corrected chi connectivity index (χ2v) is 6.44. The van der Waals surface area contributed by atoms with Crippen LogP contribution in [0.15, 0.2) is 30.3 Å². The minimum absolute atomic E-state index is 0.286. The average molecular weight is 355 g/mol. The molecular formula is C18H17N3O3S. The number of hydrogen-bond acceptors (Lipinski definition) is 6. The zero-order valence-electron chi connectivity index (χ0n) is 14.1. The van der Waals surface area contributed by atoms with E-state index in [1.165, 1.54) is 0 Å². The second-order valence-electron chi connectivity index (χ2n) is 5.44. The predicted octanol–water partition coefficient (Wildman–Crippen LogP) is 3.74. The highest BCUT2D eigenvalue weighted by Gasteiger charge is 2.19. The molecule has 1 aromatic carbocycles. The van der Waals surface area contributed by atoms with Crippen LogP contribution >= 0.6 is 11.3 Å². The molecule has 6 nitrogen and oxygen atoms in total. The molecule has 1 amide bonds. The Morgan fingerprint density at radius 1 is 1.20 bits per heavy atom. The van der Waals surface area contributed by atoms with Crippen molar-refractivity contribution in [2.45, 2.75) is 20.8 Å². The molecule has 0 saturated heterocycles. The van der Waals surface area contributed by atoms with Crippen LogP contribution in [0.25, 0.3) is 10.9 Å². The Morgan fingerprint density at radius 2 is 1.96 bits per heavy atom. The summed E-state index contributed by atoms with van der Waals surface area (Å²) in [5, 5.41) is 3.90. The number of carbonyl (C=O) groups excluding carboxylic acids is 2. The van der Waals surface area contributed by atoms with Gasteiger partial charge < -0.3 is 4.74 Å². The highest BCUT2D eigenvalue weighted by atomic mass is 32.1. The third-order valence-electron chi connectivity index (χ3n) is 3.57. The molecule has 0 aliphatic heterocycles. The lowest BCUT2D eigenvalue weighted by atomic mass is 10.1. The van der Waals surface area contributed by atoms with Crippen molar-refractivity contribution in [3.63, 3.8) is 0 Å². The van der Waals surface area contributed by atoms with E-state index in [0.29, 0.717) is 27.9 Å². The minimum atomic E-state index is -0.428. The Kier molecular flexibility index (Phi) is 4.76. The number of aromatic nitrogens is 2. The Morgan fingerprint density at radius 3 is 2.72 bits per heavy atom. The predicted molar refractivity (Wildman–Crippen MR) is 97.2 cm³/mol. The van der Waals surface area contributed by atoms with Crippen molar-refractivity contribution in [3.05, 3.63) is 52.2 Å². The second kappa shape index (κ2) is 6.98. The first-order valence-electron chi connectivity index (χ1n) is 7.82. The normalized spacial score (nSPS) is 10.7. The molecule has 0 fully saturated rings. The van der Waals surface area contributed by atoms with E-state index in [1.807, 2.05) is 31.2 Å². The third-order valence-corrected chi connectivity index (χ3v) is 4.62. The van der Waals surface area contributed by atoms with Crippen molar-refractivity contribution >= 4 is 39.2 Å². The largest absolute Gasteiger partial charge is 0.462 e. The molecule has 2 heterocycles. The summed E-state index contributed by atoms with van der Waals surface area (Å²) >= 11 is 1.11. The summed E-state index contributed by atoms with van der Waals surface area (Å²) in [6, 6.07) is 9.21. The topological polar surface area (TPSA) is 81.2 Å². The number of para-hydroxylation sites is 1. The van der Waals surface area contributed by atoms with E-state index in [9.17, 15) is 9.59 Å². The van der Waals surface area contributed by atoms with Gasteiger partial charge in [0.2, 0.25) is 0 Å². The van der Waals surface area contributed by atoms with Gasteiger partial charge in [-0.25, -0.2) is 9.78 Å². The number of benzene rings is 1. The van der Waals surface area contributed by atoms with E-state index < -0.39 is 5.97 Å². The fourth-order valence-corrected chi connectivity index (χ4v) is 3.35. The molecule has 2 aromatic heterocycles. The molecule has 0 atom stereocenters. The summed E-state index contributed by atoms with van der Waals surface area (Å²) < 4.78 is 5.00. The smallest absolute Gasteiger partial charge is 0.350 e. The summed E-state index contributed by atoms with van der Waals surface area (Å²) in [4.78, 5) is 33.7. The molecule has 1 N–H and O–H groups in total. The van der Waals surface area contributed by atoms with Crippen LogP contribution in [0.1, 0.15) is 38.3 Å². The van der Waals surface area contributed by atoms with Crippen molar-refractivity contribution in [3.8, 4) is 0 Å². The number of carbonyl (C=O) groups is 2. The van der Waals surface area contributed by atoms with Crippen LogP contribution in [0.5, 0.6) is 0 Å². The highest BCUT2D eigenvalue weighted by Crippen LogP contribution is 2.25. The summed E-state index contributed by atoms with van der Waals surface area (Å²) in [7, 11) is 0. The first kappa shape index (κ1) is 17.0. The number of fused-ring (bicyclic) bond motifs is 1. The Bertz CT molecular complexity index is 965. The van der Waals surface area contributed by atoms with Crippen LogP contribution < -0.4 is 5.32 Å². The van der Waals surface area contributed by atoms with Crippen LogP contribution in [0.3, 0.4) is 0 Å². The maximum Gasteiger partial charge on any atom is 0.350 e. The van der Waals surface area contributed by atoms with Crippen LogP contribution in [0.2, 0.25) is 0 Å². The van der Waals surface area contributed by atoms with E-state index in [0.717, 1.165) is 27.9 Å².